The fourth-order valence-electron chi connectivity index (χ4n) is 3.39. The minimum Gasteiger partial charge on any atom is -0.393 e. The quantitative estimate of drug-likeness (QED) is 0.878. The van der Waals surface area contributed by atoms with Crippen LogP contribution in [0.5, 0.6) is 0 Å². The van der Waals surface area contributed by atoms with Crippen molar-refractivity contribution < 1.29 is 5.11 Å². The van der Waals surface area contributed by atoms with Crippen molar-refractivity contribution in [3.63, 3.8) is 0 Å². The fraction of sp³-hybridized carbons (Fsp3) is 0.333. The minimum absolute atomic E-state index is 0.0585. The molecule has 104 valence electrons. The number of aliphatic hydroxyl groups is 1. The molecule has 1 fully saturated rings. The number of nitrogens with two attached hydrogens (primary N) is 1. The van der Waals surface area contributed by atoms with E-state index in [-0.39, 0.29) is 24.0 Å². The van der Waals surface area contributed by atoms with E-state index in [1.165, 1.54) is 11.1 Å². The topological polar surface area (TPSA) is 46.2 Å². The van der Waals surface area contributed by atoms with Crippen molar-refractivity contribution in [3.05, 3.63) is 71.8 Å². The Bertz CT molecular complexity index is 490. The lowest BCUT2D eigenvalue weighted by Crippen LogP contribution is -2.42. The molecule has 2 heteroatoms. The summed E-state index contributed by atoms with van der Waals surface area (Å²) in [5.41, 5.74) is 9.01. The maximum Gasteiger partial charge on any atom is 0.0553 e. The smallest absolute Gasteiger partial charge is 0.0553 e. The first-order chi connectivity index (χ1) is 9.75. The van der Waals surface area contributed by atoms with Crippen molar-refractivity contribution >= 4 is 0 Å². The molecule has 0 aliphatic heterocycles. The van der Waals surface area contributed by atoms with Crippen molar-refractivity contribution in [1.82, 2.24) is 0 Å². The first-order valence-electron chi connectivity index (χ1n) is 7.29. The molecule has 0 heterocycles. The van der Waals surface area contributed by atoms with Crippen LogP contribution in [0.15, 0.2) is 60.7 Å². The summed E-state index contributed by atoms with van der Waals surface area (Å²) in [4.78, 5) is 0. The molecular weight excluding hydrogens is 246 g/mol. The van der Waals surface area contributed by atoms with Gasteiger partial charge in [0.15, 0.2) is 0 Å². The van der Waals surface area contributed by atoms with Crippen LogP contribution in [0.4, 0.5) is 0 Å². The molecule has 0 radical (unpaired) electrons. The van der Waals surface area contributed by atoms with Crippen molar-refractivity contribution in [3.8, 4) is 0 Å². The summed E-state index contributed by atoms with van der Waals surface area (Å²) in [5, 5.41) is 10.2. The Morgan fingerprint density at radius 2 is 1.15 bits per heavy atom. The summed E-state index contributed by atoms with van der Waals surface area (Å²) < 4.78 is 0. The van der Waals surface area contributed by atoms with E-state index in [2.05, 4.69) is 24.3 Å². The molecule has 2 unspecified atom stereocenters. The molecule has 2 atom stereocenters. The normalized spacial score (nSPS) is 30.1. The third kappa shape index (κ3) is 2.62. The van der Waals surface area contributed by atoms with Crippen molar-refractivity contribution in [2.24, 2.45) is 5.73 Å². The van der Waals surface area contributed by atoms with Gasteiger partial charge in [0.05, 0.1) is 6.10 Å². The molecule has 1 saturated carbocycles. The van der Waals surface area contributed by atoms with Crippen LogP contribution < -0.4 is 5.73 Å². The molecule has 1 aliphatic rings. The molecule has 2 aromatic rings. The zero-order chi connectivity index (χ0) is 13.9. The van der Waals surface area contributed by atoms with Crippen LogP contribution in [0, 0.1) is 0 Å². The molecule has 3 N–H and O–H groups in total. The Kier molecular flexibility index (Phi) is 3.86. The van der Waals surface area contributed by atoms with Crippen LogP contribution >= 0.6 is 0 Å². The van der Waals surface area contributed by atoms with Gasteiger partial charge in [-0.05, 0) is 24.0 Å². The Labute approximate surface area is 120 Å². The molecule has 0 aromatic heterocycles. The Hall–Kier alpha value is -1.64. The average Bonchev–Trinajstić information content (AvgIpc) is 2.51. The molecule has 2 aromatic carbocycles. The lowest BCUT2D eigenvalue weighted by molar-refractivity contribution is 0.0983. The van der Waals surface area contributed by atoms with Gasteiger partial charge in [0.1, 0.15) is 0 Å². The number of hydrogen-bond acceptors (Lipinski definition) is 2. The zero-order valence-electron chi connectivity index (χ0n) is 11.5. The Balaban J connectivity index is 1.90. The van der Waals surface area contributed by atoms with E-state index in [4.69, 9.17) is 5.73 Å². The predicted molar refractivity (Wildman–Crippen MR) is 81.6 cm³/mol. The predicted octanol–water partition coefficient (Wildman–Crippen LogP) is 3.04. The van der Waals surface area contributed by atoms with Gasteiger partial charge in [-0.1, -0.05) is 60.7 Å². The lowest BCUT2D eigenvalue weighted by atomic mass is 9.70. The van der Waals surface area contributed by atoms with Crippen LogP contribution in [-0.4, -0.2) is 17.3 Å². The number of aliphatic hydroxyl groups excluding tert-OH is 1. The molecule has 3 rings (SSSR count). The maximum atomic E-state index is 10.2. The maximum absolute atomic E-state index is 10.2. The van der Waals surface area contributed by atoms with E-state index in [1.807, 2.05) is 36.4 Å². The Morgan fingerprint density at radius 1 is 0.750 bits per heavy atom. The molecule has 0 amide bonds. The Morgan fingerprint density at radius 3 is 1.55 bits per heavy atom. The van der Waals surface area contributed by atoms with Gasteiger partial charge in [0, 0.05) is 17.9 Å². The van der Waals surface area contributed by atoms with Gasteiger partial charge in [0.2, 0.25) is 0 Å². The van der Waals surface area contributed by atoms with Crippen LogP contribution in [0.3, 0.4) is 0 Å². The van der Waals surface area contributed by atoms with Crippen LogP contribution in [-0.2, 0) is 0 Å². The monoisotopic (exact) mass is 267 g/mol. The highest BCUT2D eigenvalue weighted by molar-refractivity contribution is 5.28. The van der Waals surface area contributed by atoms with E-state index in [9.17, 15) is 5.11 Å². The summed E-state index contributed by atoms with van der Waals surface area (Å²) in [6.07, 6.45) is 1.24. The van der Waals surface area contributed by atoms with Crippen LogP contribution in [0.2, 0.25) is 0 Å². The summed E-state index contributed by atoms with van der Waals surface area (Å²) >= 11 is 0. The van der Waals surface area contributed by atoms with Crippen LogP contribution in [0.1, 0.15) is 35.8 Å². The molecule has 0 spiro atoms. The van der Waals surface area contributed by atoms with E-state index in [1.54, 1.807) is 0 Å². The van der Waals surface area contributed by atoms with Gasteiger partial charge in [-0.3, -0.25) is 0 Å². The van der Waals surface area contributed by atoms with E-state index < -0.39 is 0 Å². The van der Waals surface area contributed by atoms with Gasteiger partial charge < -0.3 is 10.8 Å². The van der Waals surface area contributed by atoms with Crippen molar-refractivity contribution in [1.29, 1.82) is 0 Å². The number of rotatable bonds is 2. The highest BCUT2D eigenvalue weighted by Crippen LogP contribution is 2.40. The summed E-state index contributed by atoms with van der Waals surface area (Å²) in [5.74, 6) is 0.454. The first-order valence-corrected chi connectivity index (χ1v) is 7.29. The highest BCUT2D eigenvalue weighted by Gasteiger charge is 2.36. The highest BCUT2D eigenvalue weighted by atomic mass is 16.3. The molecule has 2 nitrogen and oxygen atoms in total. The van der Waals surface area contributed by atoms with Gasteiger partial charge >= 0.3 is 0 Å². The van der Waals surface area contributed by atoms with Crippen LogP contribution in [0.25, 0.3) is 0 Å². The molecular formula is C18H21NO. The van der Waals surface area contributed by atoms with E-state index >= 15 is 0 Å². The summed E-state index contributed by atoms with van der Waals surface area (Å²) in [7, 11) is 0. The van der Waals surface area contributed by atoms with E-state index in [0.717, 1.165) is 12.8 Å². The second-order valence-electron chi connectivity index (χ2n) is 5.74. The third-order valence-electron chi connectivity index (χ3n) is 4.44. The lowest BCUT2D eigenvalue weighted by Gasteiger charge is -2.39. The second kappa shape index (κ2) is 5.78. The number of benzene rings is 2. The zero-order valence-corrected chi connectivity index (χ0v) is 11.5. The van der Waals surface area contributed by atoms with Gasteiger partial charge in [-0.25, -0.2) is 0 Å². The number of hydrogen-bond donors (Lipinski definition) is 2. The summed E-state index contributed by atoms with van der Waals surface area (Å²) in [6.45, 7) is 0. The first kappa shape index (κ1) is 13.3. The van der Waals surface area contributed by atoms with Crippen molar-refractivity contribution in [2.75, 3.05) is 0 Å². The largest absolute Gasteiger partial charge is 0.393 e. The van der Waals surface area contributed by atoms with E-state index in [0.29, 0.717) is 0 Å². The average molecular weight is 267 g/mol. The van der Waals surface area contributed by atoms with Gasteiger partial charge in [-0.2, -0.15) is 0 Å². The van der Waals surface area contributed by atoms with Crippen molar-refractivity contribution in [2.45, 2.75) is 36.8 Å². The second-order valence-corrected chi connectivity index (χ2v) is 5.74. The SMILES string of the molecule is NC1C(c2ccccc2)CC(O)CC1c1ccccc1. The van der Waals surface area contributed by atoms with Gasteiger partial charge in [-0.15, -0.1) is 0 Å². The molecule has 1 aliphatic carbocycles. The fourth-order valence-corrected chi connectivity index (χ4v) is 3.39. The standard InChI is InChI=1S/C18H21NO/c19-18-16(13-7-3-1-4-8-13)11-15(20)12-17(18)14-9-5-2-6-10-14/h1-10,15-18,20H,11-12,19H2. The third-order valence-corrected chi connectivity index (χ3v) is 4.44. The van der Waals surface area contributed by atoms with Gasteiger partial charge in [0.25, 0.3) is 0 Å². The minimum atomic E-state index is -0.273. The molecule has 0 bridgehead atoms. The molecule has 20 heavy (non-hydrogen) atoms. The summed E-state index contributed by atoms with van der Waals surface area (Å²) in [6, 6.07) is 20.7. The molecule has 0 saturated heterocycles.